The average Bonchev–Trinajstić information content (AvgIpc) is 3.13. The Morgan fingerprint density at radius 3 is 2.29 bits per heavy atom. The fraction of sp³-hybridized carbons (Fsp3) is 0.292. The van der Waals surface area contributed by atoms with Crippen molar-refractivity contribution in [3.05, 3.63) is 78.4 Å². The maximum absolute atomic E-state index is 12.7. The summed E-state index contributed by atoms with van der Waals surface area (Å²) in [7, 11) is 0. The van der Waals surface area contributed by atoms with Crippen molar-refractivity contribution >= 4 is 23.3 Å². The van der Waals surface area contributed by atoms with Crippen LogP contribution < -0.4 is 10.6 Å². The Hall–Kier alpha value is -3.61. The first-order valence-electron chi connectivity index (χ1n) is 10.7. The van der Waals surface area contributed by atoms with Crippen LogP contribution in [0.2, 0.25) is 0 Å². The third-order valence-corrected chi connectivity index (χ3v) is 5.40. The molecule has 7 heteroatoms. The molecule has 0 radical (unpaired) electrons. The van der Waals surface area contributed by atoms with E-state index < -0.39 is 0 Å². The molecule has 1 aliphatic rings. The zero-order chi connectivity index (χ0) is 21.5. The number of hydrogen-bond acceptors (Lipinski definition) is 3. The Bertz CT molecular complexity index is 1010. The van der Waals surface area contributed by atoms with E-state index in [9.17, 15) is 9.59 Å². The normalized spacial score (nSPS) is 14.0. The largest absolute Gasteiger partial charge is 0.333 e. The van der Waals surface area contributed by atoms with Crippen LogP contribution >= 0.6 is 0 Å². The lowest BCUT2D eigenvalue weighted by Crippen LogP contribution is -2.35. The van der Waals surface area contributed by atoms with E-state index >= 15 is 0 Å². The molecule has 2 aromatic carbocycles. The van der Waals surface area contributed by atoms with E-state index in [1.54, 1.807) is 42.9 Å². The number of carbonyl (C=O) groups is 2. The Morgan fingerprint density at radius 2 is 1.61 bits per heavy atom. The smallest absolute Gasteiger partial charge is 0.321 e. The SMILES string of the molecule is O=C(Nc1ccc(NC(=O)N2CCCCCC2)cc1)c1cccc(Cn2ccnc2)c1. The van der Waals surface area contributed by atoms with E-state index in [1.165, 1.54) is 12.8 Å². The molecule has 4 rings (SSSR count). The molecule has 0 saturated carbocycles. The van der Waals surface area contributed by atoms with Gasteiger partial charge < -0.3 is 20.1 Å². The predicted molar refractivity (Wildman–Crippen MR) is 121 cm³/mol. The van der Waals surface area contributed by atoms with E-state index in [2.05, 4.69) is 15.6 Å². The highest BCUT2D eigenvalue weighted by atomic mass is 16.2. The number of carbonyl (C=O) groups excluding carboxylic acids is 2. The third kappa shape index (κ3) is 5.72. The Kier molecular flexibility index (Phi) is 6.62. The van der Waals surface area contributed by atoms with Gasteiger partial charge in [0, 0.05) is 49.0 Å². The molecule has 1 saturated heterocycles. The number of amides is 3. The topological polar surface area (TPSA) is 79.3 Å². The maximum atomic E-state index is 12.7. The van der Waals surface area contributed by atoms with Crippen LogP contribution in [0.15, 0.2) is 67.3 Å². The van der Waals surface area contributed by atoms with Crippen molar-refractivity contribution in [2.75, 3.05) is 23.7 Å². The summed E-state index contributed by atoms with van der Waals surface area (Å²) in [5, 5.41) is 5.86. The summed E-state index contributed by atoms with van der Waals surface area (Å²) < 4.78 is 1.95. The molecule has 0 spiro atoms. The van der Waals surface area contributed by atoms with Gasteiger partial charge in [-0.05, 0) is 54.8 Å². The molecule has 160 valence electrons. The zero-order valence-electron chi connectivity index (χ0n) is 17.5. The third-order valence-electron chi connectivity index (χ3n) is 5.40. The highest BCUT2D eigenvalue weighted by Gasteiger charge is 2.15. The van der Waals surface area contributed by atoms with Crippen LogP contribution in [0.1, 0.15) is 41.6 Å². The zero-order valence-corrected chi connectivity index (χ0v) is 17.5. The maximum Gasteiger partial charge on any atom is 0.321 e. The van der Waals surface area contributed by atoms with E-state index in [4.69, 9.17) is 0 Å². The second-order valence-electron chi connectivity index (χ2n) is 7.80. The highest BCUT2D eigenvalue weighted by molar-refractivity contribution is 6.04. The minimum Gasteiger partial charge on any atom is -0.333 e. The predicted octanol–water partition coefficient (Wildman–Crippen LogP) is 4.59. The van der Waals surface area contributed by atoms with Crippen molar-refractivity contribution < 1.29 is 9.59 Å². The van der Waals surface area contributed by atoms with Gasteiger partial charge in [0.2, 0.25) is 0 Å². The molecule has 3 aromatic rings. The Morgan fingerprint density at radius 1 is 0.903 bits per heavy atom. The quantitative estimate of drug-likeness (QED) is 0.637. The fourth-order valence-electron chi connectivity index (χ4n) is 3.72. The van der Waals surface area contributed by atoms with Crippen molar-refractivity contribution in [1.82, 2.24) is 14.5 Å². The average molecular weight is 418 g/mol. The van der Waals surface area contributed by atoms with Crippen LogP contribution in [0.25, 0.3) is 0 Å². The van der Waals surface area contributed by atoms with E-state index in [1.807, 2.05) is 33.9 Å². The van der Waals surface area contributed by atoms with Crippen molar-refractivity contribution in [1.29, 1.82) is 0 Å². The lowest BCUT2D eigenvalue weighted by Gasteiger charge is -2.20. The van der Waals surface area contributed by atoms with Gasteiger partial charge >= 0.3 is 6.03 Å². The molecule has 1 aromatic heterocycles. The lowest BCUT2D eigenvalue weighted by molar-refractivity contribution is 0.102. The summed E-state index contributed by atoms with van der Waals surface area (Å²) in [5.74, 6) is -0.172. The number of urea groups is 1. The van der Waals surface area contributed by atoms with Gasteiger partial charge in [0.25, 0.3) is 5.91 Å². The van der Waals surface area contributed by atoms with Crippen LogP contribution in [0.5, 0.6) is 0 Å². The minimum atomic E-state index is -0.172. The number of nitrogens with one attached hydrogen (secondary N) is 2. The monoisotopic (exact) mass is 417 g/mol. The number of nitrogens with zero attached hydrogens (tertiary/aromatic N) is 3. The molecular weight excluding hydrogens is 390 g/mol. The minimum absolute atomic E-state index is 0.0617. The summed E-state index contributed by atoms with van der Waals surface area (Å²) in [6, 6.07) is 14.7. The summed E-state index contributed by atoms with van der Waals surface area (Å²) in [4.78, 5) is 31.0. The van der Waals surface area contributed by atoms with Gasteiger partial charge in [-0.1, -0.05) is 25.0 Å². The first-order chi connectivity index (χ1) is 15.2. The molecule has 0 bridgehead atoms. The van der Waals surface area contributed by atoms with Crippen molar-refractivity contribution in [2.24, 2.45) is 0 Å². The first-order valence-corrected chi connectivity index (χ1v) is 10.7. The summed E-state index contributed by atoms with van der Waals surface area (Å²) >= 11 is 0. The van der Waals surface area contributed by atoms with Crippen LogP contribution in [0.4, 0.5) is 16.2 Å². The molecular formula is C24H27N5O2. The lowest BCUT2D eigenvalue weighted by atomic mass is 10.1. The van der Waals surface area contributed by atoms with Crippen molar-refractivity contribution in [3.8, 4) is 0 Å². The number of hydrogen-bond donors (Lipinski definition) is 2. The standard InChI is InChI=1S/C24H27N5O2/c30-23(20-7-5-6-19(16-20)17-28-15-12-25-18-28)26-21-8-10-22(11-9-21)27-24(31)29-13-3-1-2-4-14-29/h5-12,15-16,18H,1-4,13-14,17H2,(H,26,30)(H,27,31). The highest BCUT2D eigenvalue weighted by Crippen LogP contribution is 2.17. The molecule has 2 N–H and O–H groups in total. The van der Waals surface area contributed by atoms with Gasteiger partial charge in [0.05, 0.1) is 6.33 Å². The summed E-state index contributed by atoms with van der Waals surface area (Å²) in [6.07, 6.45) is 9.86. The Labute approximate surface area is 182 Å². The van der Waals surface area contributed by atoms with Gasteiger partial charge in [-0.2, -0.15) is 0 Å². The van der Waals surface area contributed by atoms with Gasteiger partial charge in [0.15, 0.2) is 0 Å². The van der Waals surface area contributed by atoms with Crippen molar-refractivity contribution in [3.63, 3.8) is 0 Å². The molecule has 1 aliphatic heterocycles. The van der Waals surface area contributed by atoms with Crippen LogP contribution in [0, 0.1) is 0 Å². The number of rotatable bonds is 5. The van der Waals surface area contributed by atoms with Crippen LogP contribution in [-0.2, 0) is 6.54 Å². The fourth-order valence-corrected chi connectivity index (χ4v) is 3.72. The van der Waals surface area contributed by atoms with Gasteiger partial charge in [-0.3, -0.25) is 4.79 Å². The molecule has 0 unspecified atom stereocenters. The molecule has 0 atom stereocenters. The molecule has 3 amide bonds. The number of imidazole rings is 1. The molecule has 2 heterocycles. The number of benzene rings is 2. The van der Waals surface area contributed by atoms with E-state index in [0.29, 0.717) is 17.8 Å². The Balaban J connectivity index is 1.34. The summed E-state index contributed by atoms with van der Waals surface area (Å²) in [6.45, 7) is 2.27. The van der Waals surface area contributed by atoms with Gasteiger partial charge in [-0.15, -0.1) is 0 Å². The summed E-state index contributed by atoms with van der Waals surface area (Å²) in [5.41, 5.74) is 3.01. The first kappa shape index (κ1) is 20.7. The molecule has 31 heavy (non-hydrogen) atoms. The molecule has 7 nitrogen and oxygen atoms in total. The van der Waals surface area contributed by atoms with E-state index in [0.717, 1.165) is 37.2 Å². The van der Waals surface area contributed by atoms with Crippen LogP contribution in [-0.4, -0.2) is 39.5 Å². The molecule has 0 aliphatic carbocycles. The number of aromatic nitrogens is 2. The second-order valence-corrected chi connectivity index (χ2v) is 7.80. The second kappa shape index (κ2) is 9.93. The van der Waals surface area contributed by atoms with Gasteiger partial charge in [-0.25, -0.2) is 9.78 Å². The van der Waals surface area contributed by atoms with Gasteiger partial charge in [0.1, 0.15) is 0 Å². The number of likely N-dealkylation sites (tertiary alicyclic amines) is 1. The van der Waals surface area contributed by atoms with E-state index in [-0.39, 0.29) is 11.9 Å². The molecule has 1 fully saturated rings. The number of anilines is 2. The van der Waals surface area contributed by atoms with Crippen LogP contribution in [0.3, 0.4) is 0 Å². The van der Waals surface area contributed by atoms with Crippen molar-refractivity contribution in [2.45, 2.75) is 32.2 Å².